The maximum absolute atomic E-state index is 4.84. The summed E-state index contributed by atoms with van der Waals surface area (Å²) in [6.07, 6.45) is 10.3. The second-order valence-electron chi connectivity index (χ2n) is 6.30. The van der Waals surface area contributed by atoms with Crippen LogP contribution in [0.25, 0.3) is 11.2 Å². The number of aromatic amines is 1. The normalized spacial score (nSPS) is 15.8. The van der Waals surface area contributed by atoms with E-state index in [1.165, 1.54) is 32.1 Å². The number of unbranched alkanes of at least 4 members (excludes halogenated alkanes) is 3. The lowest BCUT2D eigenvalue weighted by Gasteiger charge is -2.05. The van der Waals surface area contributed by atoms with Crippen LogP contribution in [0.1, 0.15) is 70.5 Å². The van der Waals surface area contributed by atoms with E-state index in [1.54, 1.807) is 0 Å². The van der Waals surface area contributed by atoms with E-state index in [1.807, 2.05) is 6.33 Å². The van der Waals surface area contributed by atoms with E-state index in [-0.39, 0.29) is 0 Å². The van der Waals surface area contributed by atoms with E-state index in [4.69, 9.17) is 9.98 Å². The van der Waals surface area contributed by atoms with Gasteiger partial charge in [-0.1, -0.05) is 33.1 Å². The van der Waals surface area contributed by atoms with Gasteiger partial charge >= 0.3 is 0 Å². The Morgan fingerprint density at radius 2 is 2.05 bits per heavy atom. The summed E-state index contributed by atoms with van der Waals surface area (Å²) in [6.45, 7) is 6.26. The lowest BCUT2D eigenvalue weighted by molar-refractivity contribution is 0.630. The van der Waals surface area contributed by atoms with E-state index in [2.05, 4.69) is 28.4 Å². The monoisotopic (exact) mass is 301 g/mol. The molecule has 1 fully saturated rings. The van der Waals surface area contributed by atoms with E-state index >= 15 is 0 Å². The number of imidazole rings is 1. The van der Waals surface area contributed by atoms with Gasteiger partial charge in [-0.25, -0.2) is 9.97 Å². The summed E-state index contributed by atoms with van der Waals surface area (Å²) in [5.74, 6) is 1.75. The largest absolute Gasteiger partial charge is 0.337 e. The minimum atomic E-state index is 0.625. The van der Waals surface area contributed by atoms with E-state index in [0.29, 0.717) is 5.92 Å². The molecule has 5 heteroatoms. The first-order valence-electron chi connectivity index (χ1n) is 8.79. The number of nitrogens with one attached hydrogen (secondary N) is 1. The molecule has 0 unspecified atom stereocenters. The number of fused-ring (bicyclic) bond motifs is 1. The summed E-state index contributed by atoms with van der Waals surface area (Å²) >= 11 is 0. The molecular weight excluding hydrogens is 274 g/mol. The number of aromatic nitrogens is 4. The first-order chi connectivity index (χ1) is 10.8. The predicted molar refractivity (Wildman–Crippen MR) is 88.7 cm³/mol. The Labute approximate surface area is 131 Å². The van der Waals surface area contributed by atoms with Crippen molar-refractivity contribution in [2.24, 2.45) is 4.99 Å². The highest BCUT2D eigenvalue weighted by Gasteiger charge is 2.27. The van der Waals surface area contributed by atoms with Gasteiger partial charge in [0, 0.05) is 19.0 Å². The highest BCUT2D eigenvalue weighted by molar-refractivity contribution is 5.69. The van der Waals surface area contributed by atoms with Crippen LogP contribution in [0, 0.1) is 0 Å². The van der Waals surface area contributed by atoms with E-state index in [9.17, 15) is 0 Å². The quantitative estimate of drug-likeness (QED) is 0.758. The second-order valence-corrected chi connectivity index (χ2v) is 6.30. The molecule has 0 atom stereocenters. The highest BCUT2D eigenvalue weighted by atomic mass is 15.1. The van der Waals surface area contributed by atoms with Gasteiger partial charge in [-0.3, -0.25) is 4.99 Å². The average Bonchev–Trinajstić information content (AvgIpc) is 3.29. The lowest BCUT2D eigenvalue weighted by atomic mass is 10.2. The maximum atomic E-state index is 4.84. The van der Waals surface area contributed by atoms with Crippen LogP contribution in [0.5, 0.6) is 0 Å². The van der Waals surface area contributed by atoms with E-state index in [0.717, 1.165) is 48.4 Å². The average molecular weight is 301 g/mol. The summed E-state index contributed by atoms with van der Waals surface area (Å²) < 4.78 is 2.17. The molecule has 0 bridgehead atoms. The van der Waals surface area contributed by atoms with Gasteiger partial charge in [-0.2, -0.15) is 0 Å². The zero-order valence-electron chi connectivity index (χ0n) is 13.8. The molecule has 1 aliphatic carbocycles. The molecule has 3 rings (SSSR count). The minimum absolute atomic E-state index is 0.625. The number of hydrogen-bond donors (Lipinski definition) is 1. The van der Waals surface area contributed by atoms with Gasteiger partial charge in [0.2, 0.25) is 0 Å². The molecule has 5 nitrogen and oxygen atoms in total. The molecule has 2 aromatic heterocycles. The number of hydrogen-bond acceptors (Lipinski definition) is 3. The number of H-pyrrole nitrogens is 1. The van der Waals surface area contributed by atoms with Crippen molar-refractivity contribution in [3.05, 3.63) is 17.6 Å². The van der Waals surface area contributed by atoms with Crippen molar-refractivity contribution in [3.63, 3.8) is 0 Å². The van der Waals surface area contributed by atoms with Crippen LogP contribution in [-0.4, -0.2) is 26.1 Å². The van der Waals surface area contributed by atoms with Crippen molar-refractivity contribution in [2.75, 3.05) is 6.54 Å². The molecule has 120 valence electrons. The topological polar surface area (TPSA) is 58.9 Å². The van der Waals surface area contributed by atoms with Crippen molar-refractivity contribution in [1.29, 1.82) is 0 Å². The van der Waals surface area contributed by atoms with Gasteiger partial charge in [0.1, 0.15) is 11.3 Å². The van der Waals surface area contributed by atoms with Crippen molar-refractivity contribution in [2.45, 2.75) is 71.3 Å². The predicted octanol–water partition coefficient (Wildman–Crippen LogP) is 3.53. The third-order valence-corrected chi connectivity index (χ3v) is 4.26. The van der Waals surface area contributed by atoms with Crippen LogP contribution in [0.15, 0.2) is 11.3 Å². The third-order valence-electron chi connectivity index (χ3n) is 4.26. The first-order valence-corrected chi connectivity index (χ1v) is 8.79. The van der Waals surface area contributed by atoms with Crippen LogP contribution in [0.3, 0.4) is 0 Å². The van der Waals surface area contributed by atoms with Gasteiger partial charge in [0.25, 0.3) is 0 Å². The maximum Gasteiger partial charge on any atom is 0.176 e. The molecule has 1 aliphatic rings. The van der Waals surface area contributed by atoms with Gasteiger partial charge in [-0.05, 0) is 25.7 Å². The summed E-state index contributed by atoms with van der Waals surface area (Å²) in [5.41, 5.74) is 2.88. The molecular formula is C17H27N5. The SMILES string of the molecule is CCCCCN=c1ncn(CCCC)c2nc(C3CC3)[nH]c12. The summed E-state index contributed by atoms with van der Waals surface area (Å²) in [5, 5.41) is 0. The van der Waals surface area contributed by atoms with Gasteiger partial charge < -0.3 is 9.55 Å². The van der Waals surface area contributed by atoms with Crippen LogP contribution < -0.4 is 5.49 Å². The standard InChI is InChI=1S/C17H27N5/c1-3-5-7-10-18-16-14-17(21-15(20-14)13-8-9-13)22(12-19-16)11-6-4-2/h12-13H,3-11H2,1-2H3,(H,20,21). The fourth-order valence-electron chi connectivity index (χ4n) is 2.70. The fourth-order valence-corrected chi connectivity index (χ4v) is 2.70. The van der Waals surface area contributed by atoms with Crippen molar-refractivity contribution in [3.8, 4) is 0 Å². The Bertz CT molecular complexity index is 678. The number of rotatable bonds is 8. The first kappa shape index (κ1) is 15.3. The molecule has 2 heterocycles. The van der Waals surface area contributed by atoms with E-state index < -0.39 is 0 Å². The number of nitrogens with zero attached hydrogens (tertiary/aromatic N) is 4. The zero-order chi connectivity index (χ0) is 15.4. The second kappa shape index (κ2) is 7.07. The van der Waals surface area contributed by atoms with Crippen molar-refractivity contribution >= 4 is 11.2 Å². The fraction of sp³-hybridized carbons (Fsp3) is 0.706. The molecule has 0 spiro atoms. The summed E-state index contributed by atoms with van der Waals surface area (Å²) in [6, 6.07) is 0. The highest BCUT2D eigenvalue weighted by Crippen LogP contribution is 2.38. The molecule has 0 amide bonds. The molecule has 1 N–H and O–H groups in total. The lowest BCUT2D eigenvalue weighted by Crippen LogP contribution is -2.15. The van der Waals surface area contributed by atoms with Gasteiger partial charge in [0.05, 0.1) is 6.33 Å². The molecule has 0 saturated heterocycles. The van der Waals surface area contributed by atoms with Crippen LogP contribution in [0.4, 0.5) is 0 Å². The Balaban J connectivity index is 1.94. The Hall–Kier alpha value is -1.65. The smallest absolute Gasteiger partial charge is 0.176 e. The molecule has 22 heavy (non-hydrogen) atoms. The van der Waals surface area contributed by atoms with Crippen LogP contribution >= 0.6 is 0 Å². The molecule has 0 aliphatic heterocycles. The molecule has 0 radical (unpaired) electrons. The molecule has 0 aromatic carbocycles. The molecule has 1 saturated carbocycles. The summed E-state index contributed by atoms with van der Waals surface area (Å²) in [7, 11) is 0. The Morgan fingerprint density at radius 3 is 2.77 bits per heavy atom. The Kier molecular flexibility index (Phi) is 4.90. The van der Waals surface area contributed by atoms with Gasteiger partial charge in [0.15, 0.2) is 11.1 Å². The van der Waals surface area contributed by atoms with Crippen molar-refractivity contribution in [1.82, 2.24) is 19.5 Å². The van der Waals surface area contributed by atoms with Crippen LogP contribution in [0.2, 0.25) is 0 Å². The zero-order valence-corrected chi connectivity index (χ0v) is 13.8. The Morgan fingerprint density at radius 1 is 1.23 bits per heavy atom. The van der Waals surface area contributed by atoms with Crippen molar-refractivity contribution < 1.29 is 0 Å². The number of aryl methyl sites for hydroxylation is 1. The summed E-state index contributed by atoms with van der Waals surface area (Å²) in [4.78, 5) is 17.6. The molecule has 2 aromatic rings. The van der Waals surface area contributed by atoms with Gasteiger partial charge in [-0.15, -0.1) is 0 Å². The minimum Gasteiger partial charge on any atom is -0.337 e. The van der Waals surface area contributed by atoms with Crippen LogP contribution in [-0.2, 0) is 6.54 Å². The third kappa shape index (κ3) is 3.39.